The van der Waals surface area contributed by atoms with Crippen LogP contribution in [0.5, 0.6) is 0 Å². The second-order valence-electron chi connectivity index (χ2n) is 0. The zero-order valence-corrected chi connectivity index (χ0v) is 12.3. The Morgan fingerprint density at radius 1 is 0.667 bits per heavy atom. The summed E-state index contributed by atoms with van der Waals surface area (Å²) in [4.78, 5) is 0. The van der Waals surface area contributed by atoms with Crippen molar-refractivity contribution in [3.05, 3.63) is 0 Å². The minimum atomic E-state index is 0. The Hall–Kier alpha value is 3.34. The van der Waals surface area contributed by atoms with Crippen LogP contribution in [0.4, 0.5) is 0 Å². The second-order valence-corrected chi connectivity index (χ2v) is 0. The summed E-state index contributed by atoms with van der Waals surface area (Å²) in [5.41, 5.74) is 0. The van der Waals surface area contributed by atoms with E-state index in [4.69, 9.17) is 0 Å². The average Bonchev–Trinajstić information content (AvgIpc) is 0. The monoisotopic (exact) mass is 428 g/mol. The van der Waals surface area contributed by atoms with Gasteiger partial charge in [0.1, 0.15) is 0 Å². The molecule has 6 heteroatoms. The van der Waals surface area contributed by atoms with Gasteiger partial charge in [0.2, 0.25) is 0 Å². The van der Waals surface area contributed by atoms with Gasteiger partial charge in [-0.25, -0.2) is 0 Å². The zero-order chi connectivity index (χ0) is 0. The molecule has 0 rings (SSSR count). The van der Waals surface area contributed by atoms with E-state index in [0.29, 0.717) is 0 Å². The molecule has 0 aromatic rings. The van der Waals surface area contributed by atoms with Gasteiger partial charge in [-0.2, -0.15) is 0 Å². The molecule has 0 saturated heterocycles. The maximum atomic E-state index is 0. The Kier molecular flexibility index (Phi) is 392. The van der Waals surface area contributed by atoms with Gasteiger partial charge in [-0.15, -0.1) is 0 Å². The maximum absolute atomic E-state index is 0. The van der Waals surface area contributed by atoms with Crippen LogP contribution in [0, 0.1) is 71.2 Å². The molecule has 4 radical (unpaired) electrons. The SMILES string of the molecule is O.O.[Co].[La].[La].[Mn]. The van der Waals surface area contributed by atoms with Crippen molar-refractivity contribution in [2.24, 2.45) is 0 Å². The van der Waals surface area contributed by atoms with Crippen LogP contribution in [-0.2, 0) is 33.8 Å². The average molecular weight is 428 g/mol. The van der Waals surface area contributed by atoms with E-state index < -0.39 is 0 Å². The third kappa shape index (κ3) is 26.5. The molecule has 0 amide bonds. The van der Waals surface area contributed by atoms with Gasteiger partial charge in [0.15, 0.2) is 0 Å². The molecule has 2 nitrogen and oxygen atoms in total. The normalized spacial score (nSPS) is 0. The van der Waals surface area contributed by atoms with Crippen LogP contribution >= 0.6 is 0 Å². The van der Waals surface area contributed by atoms with Gasteiger partial charge >= 0.3 is 0 Å². The number of hydrogen-bond acceptors (Lipinski definition) is 0. The molecule has 0 aliphatic carbocycles. The standard InChI is InChI=1S/Co.2La.Mn.2H2O/h;;;;2*1H2. The smallest absolute Gasteiger partial charge is 0 e. The summed E-state index contributed by atoms with van der Waals surface area (Å²) in [7, 11) is 0. The Balaban J connectivity index is 0. The first-order valence-electron chi connectivity index (χ1n) is 0. The number of hydrogen-bond donors (Lipinski definition) is 0. The molecule has 0 spiro atoms. The molecule has 4 N–H and O–H groups in total. The van der Waals surface area contributed by atoms with Crippen molar-refractivity contribution in [2.75, 3.05) is 0 Å². The van der Waals surface area contributed by atoms with Gasteiger partial charge < -0.3 is 11.0 Å². The number of rotatable bonds is 0. The minimum Gasteiger partial charge on any atom is -0.412 e. The maximum Gasteiger partial charge on any atom is 0 e. The van der Waals surface area contributed by atoms with E-state index in [1.165, 1.54) is 0 Å². The topological polar surface area (TPSA) is 63.0 Å². The van der Waals surface area contributed by atoms with E-state index in [1.54, 1.807) is 0 Å². The van der Waals surface area contributed by atoms with Gasteiger partial charge in [0, 0.05) is 105 Å². The zero-order valence-electron chi connectivity index (χ0n) is 2.87. The van der Waals surface area contributed by atoms with Crippen molar-refractivity contribution in [2.45, 2.75) is 0 Å². The molecular weight excluding hydrogens is 424 g/mol. The molecule has 0 aromatic carbocycles. The second kappa shape index (κ2) is 40.3. The summed E-state index contributed by atoms with van der Waals surface area (Å²) in [6, 6.07) is 0. The van der Waals surface area contributed by atoms with Gasteiger partial charge in [-0.1, -0.05) is 0 Å². The third-order valence-electron chi connectivity index (χ3n) is 0. The molecule has 0 aromatic heterocycles. The van der Waals surface area contributed by atoms with E-state index in [0.717, 1.165) is 0 Å². The molecule has 38 valence electrons. The summed E-state index contributed by atoms with van der Waals surface area (Å²) < 4.78 is 0. The molecule has 0 fully saturated rings. The van der Waals surface area contributed by atoms with E-state index in [1.807, 2.05) is 0 Å². The largest absolute Gasteiger partial charge is 0.412 e. The molecule has 0 atom stereocenters. The molecule has 0 heterocycles. The molecule has 0 unspecified atom stereocenters. The Morgan fingerprint density at radius 2 is 0.667 bits per heavy atom. The Bertz CT molecular complexity index is 11.5. The first-order chi connectivity index (χ1) is 0. The summed E-state index contributed by atoms with van der Waals surface area (Å²) in [6.07, 6.45) is 0. The van der Waals surface area contributed by atoms with Crippen LogP contribution in [0.15, 0.2) is 0 Å². The van der Waals surface area contributed by atoms with Crippen molar-refractivity contribution >= 4 is 0 Å². The van der Waals surface area contributed by atoms with E-state index >= 15 is 0 Å². The predicted molar refractivity (Wildman–Crippen MR) is 7.23 cm³/mol. The first-order valence-corrected chi connectivity index (χ1v) is 0. The fourth-order valence-corrected chi connectivity index (χ4v) is 0. The molecule has 6 heavy (non-hydrogen) atoms. The third-order valence-corrected chi connectivity index (χ3v) is 0. The van der Waals surface area contributed by atoms with Crippen LogP contribution in [0.1, 0.15) is 0 Å². The molecule has 0 aliphatic rings. The van der Waals surface area contributed by atoms with Crippen molar-refractivity contribution in [1.29, 1.82) is 0 Å². The van der Waals surface area contributed by atoms with Crippen LogP contribution in [0.3, 0.4) is 0 Å². The predicted octanol–water partition coefficient (Wildman–Crippen LogP) is -1.65. The van der Waals surface area contributed by atoms with Crippen LogP contribution in [0.2, 0.25) is 0 Å². The molecule has 0 saturated carbocycles. The molecular formula is H4CoLa2MnO2. The van der Waals surface area contributed by atoms with Gasteiger partial charge in [0.25, 0.3) is 0 Å². The summed E-state index contributed by atoms with van der Waals surface area (Å²) >= 11 is 0. The fraction of sp³-hybridized carbons (Fsp3) is 0. The van der Waals surface area contributed by atoms with Crippen molar-refractivity contribution < 1.29 is 116 Å². The van der Waals surface area contributed by atoms with Crippen molar-refractivity contribution in [3.8, 4) is 0 Å². The summed E-state index contributed by atoms with van der Waals surface area (Å²) in [5.74, 6) is 0. The minimum absolute atomic E-state index is 0. The van der Waals surface area contributed by atoms with Crippen LogP contribution in [0.25, 0.3) is 0 Å². The van der Waals surface area contributed by atoms with E-state index in [-0.39, 0.29) is 116 Å². The van der Waals surface area contributed by atoms with Crippen molar-refractivity contribution in [3.63, 3.8) is 0 Å². The van der Waals surface area contributed by atoms with E-state index in [9.17, 15) is 0 Å². The van der Waals surface area contributed by atoms with Gasteiger partial charge in [-0.3, -0.25) is 0 Å². The molecule has 0 aliphatic heterocycles. The Morgan fingerprint density at radius 3 is 0.667 bits per heavy atom. The van der Waals surface area contributed by atoms with Crippen LogP contribution < -0.4 is 0 Å². The van der Waals surface area contributed by atoms with Gasteiger partial charge in [-0.05, 0) is 0 Å². The van der Waals surface area contributed by atoms with E-state index in [2.05, 4.69) is 0 Å². The first kappa shape index (κ1) is 58.3. The Labute approximate surface area is 113 Å². The summed E-state index contributed by atoms with van der Waals surface area (Å²) in [5, 5.41) is 0. The van der Waals surface area contributed by atoms with Crippen molar-refractivity contribution in [1.82, 2.24) is 0 Å². The summed E-state index contributed by atoms with van der Waals surface area (Å²) in [6.45, 7) is 0. The quantitative estimate of drug-likeness (QED) is 0.416. The molecule has 0 bridgehead atoms. The fourth-order valence-electron chi connectivity index (χ4n) is 0. The van der Waals surface area contributed by atoms with Gasteiger partial charge in [0.05, 0.1) is 0 Å². The van der Waals surface area contributed by atoms with Crippen LogP contribution in [-0.4, -0.2) is 11.0 Å².